The van der Waals surface area contributed by atoms with Crippen LogP contribution in [0.1, 0.15) is 28.8 Å². The predicted octanol–water partition coefficient (Wildman–Crippen LogP) is 2.19. The van der Waals surface area contributed by atoms with Crippen LogP contribution in [0.15, 0.2) is 30.4 Å². The van der Waals surface area contributed by atoms with Crippen molar-refractivity contribution in [3.8, 4) is 0 Å². The Bertz CT molecular complexity index is 546. The fourth-order valence-electron chi connectivity index (χ4n) is 2.11. The van der Waals surface area contributed by atoms with E-state index in [0.717, 1.165) is 12.8 Å². The number of benzene rings is 1. The van der Waals surface area contributed by atoms with Crippen molar-refractivity contribution in [3.63, 3.8) is 0 Å². The summed E-state index contributed by atoms with van der Waals surface area (Å²) < 4.78 is 18.2. The third-order valence-corrected chi connectivity index (χ3v) is 3.30. The van der Waals surface area contributed by atoms with Gasteiger partial charge in [-0.2, -0.15) is 0 Å². The van der Waals surface area contributed by atoms with Gasteiger partial charge in [0.2, 0.25) is 5.91 Å². The van der Waals surface area contributed by atoms with E-state index >= 15 is 0 Å². The van der Waals surface area contributed by atoms with Gasteiger partial charge in [0.1, 0.15) is 5.82 Å². The van der Waals surface area contributed by atoms with Gasteiger partial charge in [0.15, 0.2) is 0 Å². The van der Waals surface area contributed by atoms with E-state index in [9.17, 15) is 14.0 Å². The van der Waals surface area contributed by atoms with Gasteiger partial charge in [-0.3, -0.25) is 4.79 Å². The first-order valence-electron chi connectivity index (χ1n) is 6.41. The van der Waals surface area contributed by atoms with Crippen LogP contribution in [0, 0.1) is 11.7 Å². The molecular weight excluding hydrogens is 261 g/mol. The summed E-state index contributed by atoms with van der Waals surface area (Å²) in [5.41, 5.74) is 0.535. The quantitative estimate of drug-likeness (QED) is 0.678. The number of halogens is 1. The molecule has 4 nitrogen and oxygen atoms in total. The number of nitrogens with one attached hydrogen (secondary N) is 1. The molecule has 1 N–H and O–H groups in total. The highest BCUT2D eigenvalue weighted by Crippen LogP contribution is 2.18. The lowest BCUT2D eigenvalue weighted by Gasteiger charge is -2.11. The number of ether oxygens (including phenoxy) is 1. The molecule has 0 saturated heterocycles. The van der Waals surface area contributed by atoms with E-state index < -0.39 is 11.8 Å². The minimum absolute atomic E-state index is 0.0615. The van der Waals surface area contributed by atoms with Crippen molar-refractivity contribution in [2.45, 2.75) is 19.4 Å². The molecule has 0 saturated carbocycles. The zero-order chi connectivity index (χ0) is 14.5. The van der Waals surface area contributed by atoms with Crippen LogP contribution in [0.4, 0.5) is 4.39 Å². The summed E-state index contributed by atoms with van der Waals surface area (Å²) in [6, 6.07) is 3.95. The van der Waals surface area contributed by atoms with Crippen LogP contribution in [0.25, 0.3) is 0 Å². The highest BCUT2D eigenvalue weighted by molar-refractivity contribution is 5.89. The van der Waals surface area contributed by atoms with Crippen molar-refractivity contribution in [3.05, 3.63) is 47.3 Å². The van der Waals surface area contributed by atoms with Gasteiger partial charge in [-0.1, -0.05) is 12.2 Å². The molecule has 0 spiro atoms. The van der Waals surface area contributed by atoms with Crippen molar-refractivity contribution in [2.75, 3.05) is 7.11 Å². The third-order valence-electron chi connectivity index (χ3n) is 3.30. The Morgan fingerprint density at radius 1 is 1.35 bits per heavy atom. The molecule has 0 heterocycles. The third kappa shape index (κ3) is 3.23. The maximum Gasteiger partial charge on any atom is 0.337 e. The molecule has 0 bridgehead atoms. The van der Waals surface area contributed by atoms with E-state index in [1.165, 1.54) is 25.3 Å². The van der Waals surface area contributed by atoms with E-state index in [2.05, 4.69) is 10.1 Å². The van der Waals surface area contributed by atoms with E-state index in [4.69, 9.17) is 0 Å². The number of allylic oxidation sites excluding steroid dienone is 2. The molecule has 1 aromatic carbocycles. The van der Waals surface area contributed by atoms with Crippen LogP contribution in [0.5, 0.6) is 0 Å². The minimum atomic E-state index is -0.530. The second kappa shape index (κ2) is 6.32. The van der Waals surface area contributed by atoms with Gasteiger partial charge in [-0.05, 0) is 31.0 Å². The Kier molecular flexibility index (Phi) is 4.50. The van der Waals surface area contributed by atoms with Crippen molar-refractivity contribution in [2.24, 2.45) is 5.92 Å². The van der Waals surface area contributed by atoms with Crippen molar-refractivity contribution >= 4 is 11.9 Å². The van der Waals surface area contributed by atoms with Crippen molar-refractivity contribution in [1.82, 2.24) is 5.32 Å². The lowest BCUT2D eigenvalue weighted by molar-refractivity contribution is -0.124. The maximum atomic E-state index is 13.6. The molecule has 1 aliphatic carbocycles. The molecule has 0 atom stereocenters. The van der Waals surface area contributed by atoms with Gasteiger partial charge >= 0.3 is 5.97 Å². The average Bonchev–Trinajstić information content (AvgIpc) is 2.99. The topological polar surface area (TPSA) is 55.4 Å². The molecule has 5 heteroatoms. The number of hydrogen-bond acceptors (Lipinski definition) is 3. The van der Waals surface area contributed by atoms with Crippen molar-refractivity contribution in [1.29, 1.82) is 0 Å². The summed E-state index contributed by atoms with van der Waals surface area (Å²) in [5, 5.41) is 2.69. The molecule has 0 radical (unpaired) electrons. The van der Waals surface area contributed by atoms with Crippen LogP contribution >= 0.6 is 0 Å². The molecule has 1 amide bonds. The second-order valence-electron chi connectivity index (χ2n) is 4.66. The van der Waals surface area contributed by atoms with E-state index in [1.54, 1.807) is 0 Å². The van der Waals surface area contributed by atoms with Crippen LogP contribution in [-0.2, 0) is 16.1 Å². The first-order valence-corrected chi connectivity index (χ1v) is 6.41. The molecule has 20 heavy (non-hydrogen) atoms. The molecule has 0 aromatic heterocycles. The monoisotopic (exact) mass is 277 g/mol. The summed E-state index contributed by atoms with van der Waals surface area (Å²) in [4.78, 5) is 23.2. The molecular formula is C15H16FNO3. The van der Waals surface area contributed by atoms with E-state index in [-0.39, 0.29) is 29.5 Å². The lowest BCUT2D eigenvalue weighted by atomic mass is 10.1. The van der Waals surface area contributed by atoms with Gasteiger partial charge in [0.25, 0.3) is 0 Å². The minimum Gasteiger partial charge on any atom is -0.465 e. The number of carbonyl (C=O) groups is 2. The van der Waals surface area contributed by atoms with Gasteiger partial charge in [0, 0.05) is 18.0 Å². The summed E-state index contributed by atoms with van der Waals surface area (Å²) in [6.45, 7) is 0.0615. The van der Waals surface area contributed by atoms with E-state index in [0.29, 0.717) is 0 Å². The molecule has 2 rings (SSSR count). The number of rotatable bonds is 4. The molecule has 0 fully saturated rings. The van der Waals surface area contributed by atoms with Crippen LogP contribution in [-0.4, -0.2) is 19.0 Å². The first-order chi connectivity index (χ1) is 9.61. The normalized spacial score (nSPS) is 14.3. The zero-order valence-corrected chi connectivity index (χ0v) is 11.2. The Labute approximate surface area is 116 Å². The predicted molar refractivity (Wildman–Crippen MR) is 71.5 cm³/mol. The summed E-state index contributed by atoms with van der Waals surface area (Å²) in [6.07, 6.45) is 5.36. The van der Waals surface area contributed by atoms with E-state index in [1.807, 2.05) is 12.2 Å². The lowest BCUT2D eigenvalue weighted by Crippen LogP contribution is -2.29. The van der Waals surface area contributed by atoms with Crippen LogP contribution < -0.4 is 5.32 Å². The van der Waals surface area contributed by atoms with Gasteiger partial charge < -0.3 is 10.1 Å². The maximum absolute atomic E-state index is 13.6. The molecule has 0 unspecified atom stereocenters. The molecule has 106 valence electrons. The summed E-state index contributed by atoms with van der Waals surface area (Å²) in [7, 11) is 1.26. The van der Waals surface area contributed by atoms with Crippen LogP contribution in [0.2, 0.25) is 0 Å². The fourth-order valence-corrected chi connectivity index (χ4v) is 2.11. The summed E-state index contributed by atoms with van der Waals surface area (Å²) in [5.74, 6) is -1.15. The van der Waals surface area contributed by atoms with Gasteiger partial charge in [0.05, 0.1) is 12.7 Å². The van der Waals surface area contributed by atoms with Crippen molar-refractivity contribution < 1.29 is 18.7 Å². The average molecular weight is 277 g/mol. The number of esters is 1. The Morgan fingerprint density at radius 2 is 2.05 bits per heavy atom. The van der Waals surface area contributed by atoms with Gasteiger partial charge in [-0.15, -0.1) is 0 Å². The SMILES string of the molecule is COC(=O)c1ccc(F)c(CNC(=O)C2CC=CC2)c1. The van der Waals surface area contributed by atoms with Gasteiger partial charge in [-0.25, -0.2) is 9.18 Å². The Balaban J connectivity index is 2.01. The standard InChI is InChI=1S/C15H16FNO3/c1-20-15(19)11-6-7-13(16)12(8-11)9-17-14(18)10-4-2-3-5-10/h2-3,6-8,10H,4-5,9H2,1H3,(H,17,18). The Hall–Kier alpha value is -2.17. The second-order valence-corrected chi connectivity index (χ2v) is 4.66. The zero-order valence-electron chi connectivity index (χ0n) is 11.2. The number of carbonyl (C=O) groups excluding carboxylic acids is 2. The van der Waals surface area contributed by atoms with Crippen LogP contribution in [0.3, 0.4) is 0 Å². The largest absolute Gasteiger partial charge is 0.465 e. The number of methoxy groups -OCH3 is 1. The first kappa shape index (κ1) is 14.2. The Morgan fingerprint density at radius 3 is 2.70 bits per heavy atom. The molecule has 1 aromatic rings. The molecule has 1 aliphatic rings. The molecule has 0 aliphatic heterocycles. The number of amides is 1. The number of hydrogen-bond donors (Lipinski definition) is 1. The highest BCUT2D eigenvalue weighted by atomic mass is 19.1. The highest BCUT2D eigenvalue weighted by Gasteiger charge is 2.19. The summed E-state index contributed by atoms with van der Waals surface area (Å²) >= 11 is 0. The fraction of sp³-hybridized carbons (Fsp3) is 0.333. The smallest absolute Gasteiger partial charge is 0.337 e.